The maximum atomic E-state index is 11.7. The van der Waals surface area contributed by atoms with Crippen LogP contribution in [0.4, 0.5) is 4.79 Å². The standard InChI is InChI=1S/C15H22N2O2/c1-12(14-9-5-6-10-16-14)17-15(18)19-11-13-7-3-2-4-8-13/h2-4,7-8,12,14,16H,5-6,9-11H2,1H3,(H,17,18). The summed E-state index contributed by atoms with van der Waals surface area (Å²) in [5.41, 5.74) is 1.00. The predicted octanol–water partition coefficient (Wildman–Crippen LogP) is 2.44. The van der Waals surface area contributed by atoms with Crippen LogP contribution in [-0.2, 0) is 11.3 Å². The number of hydrogen-bond donors (Lipinski definition) is 2. The molecule has 2 atom stereocenters. The van der Waals surface area contributed by atoms with Crippen molar-refractivity contribution < 1.29 is 9.53 Å². The molecule has 1 aliphatic heterocycles. The number of carbonyl (C=O) groups is 1. The quantitative estimate of drug-likeness (QED) is 0.876. The third kappa shape index (κ3) is 4.56. The molecule has 1 amide bonds. The molecule has 2 rings (SSSR count). The number of piperidine rings is 1. The smallest absolute Gasteiger partial charge is 0.407 e. The van der Waals surface area contributed by atoms with Crippen molar-refractivity contribution in [2.75, 3.05) is 6.54 Å². The molecular weight excluding hydrogens is 240 g/mol. The molecule has 0 saturated carbocycles. The molecule has 4 heteroatoms. The number of hydrogen-bond acceptors (Lipinski definition) is 3. The fourth-order valence-corrected chi connectivity index (χ4v) is 2.36. The van der Waals surface area contributed by atoms with E-state index in [0.29, 0.717) is 12.6 Å². The van der Waals surface area contributed by atoms with Crippen molar-refractivity contribution in [1.29, 1.82) is 0 Å². The zero-order chi connectivity index (χ0) is 13.5. The summed E-state index contributed by atoms with van der Waals surface area (Å²) in [6, 6.07) is 10.2. The lowest BCUT2D eigenvalue weighted by Gasteiger charge is -2.29. The van der Waals surface area contributed by atoms with Crippen molar-refractivity contribution in [2.24, 2.45) is 0 Å². The van der Waals surface area contributed by atoms with Gasteiger partial charge in [0.1, 0.15) is 6.61 Å². The van der Waals surface area contributed by atoms with Crippen LogP contribution in [0.1, 0.15) is 31.7 Å². The van der Waals surface area contributed by atoms with Gasteiger partial charge in [0, 0.05) is 12.1 Å². The van der Waals surface area contributed by atoms with Crippen molar-refractivity contribution in [3.05, 3.63) is 35.9 Å². The maximum absolute atomic E-state index is 11.7. The summed E-state index contributed by atoms with van der Waals surface area (Å²) >= 11 is 0. The Hall–Kier alpha value is -1.55. The van der Waals surface area contributed by atoms with Gasteiger partial charge in [0.2, 0.25) is 0 Å². The van der Waals surface area contributed by atoms with E-state index in [1.165, 1.54) is 12.8 Å². The van der Waals surface area contributed by atoms with Gasteiger partial charge in [-0.25, -0.2) is 4.79 Å². The summed E-state index contributed by atoms with van der Waals surface area (Å²) in [5, 5.41) is 6.32. The average Bonchev–Trinajstić information content (AvgIpc) is 2.47. The second-order valence-electron chi connectivity index (χ2n) is 5.05. The molecule has 2 unspecified atom stereocenters. The van der Waals surface area contributed by atoms with Crippen molar-refractivity contribution in [1.82, 2.24) is 10.6 Å². The van der Waals surface area contributed by atoms with E-state index in [-0.39, 0.29) is 12.1 Å². The Morgan fingerprint density at radius 3 is 2.89 bits per heavy atom. The lowest BCUT2D eigenvalue weighted by molar-refractivity contribution is 0.133. The molecule has 2 N–H and O–H groups in total. The van der Waals surface area contributed by atoms with E-state index in [1.54, 1.807) is 0 Å². The fraction of sp³-hybridized carbons (Fsp3) is 0.533. The Bertz CT molecular complexity index is 388. The van der Waals surface area contributed by atoms with Gasteiger partial charge in [0.05, 0.1) is 0 Å². The molecular formula is C15H22N2O2. The summed E-state index contributed by atoms with van der Waals surface area (Å²) < 4.78 is 5.21. The largest absolute Gasteiger partial charge is 0.445 e. The Morgan fingerprint density at radius 1 is 1.42 bits per heavy atom. The third-order valence-electron chi connectivity index (χ3n) is 3.51. The second-order valence-corrected chi connectivity index (χ2v) is 5.05. The van der Waals surface area contributed by atoms with Crippen molar-refractivity contribution in [2.45, 2.75) is 44.9 Å². The van der Waals surface area contributed by atoms with Crippen LogP contribution in [0.3, 0.4) is 0 Å². The molecule has 4 nitrogen and oxygen atoms in total. The van der Waals surface area contributed by atoms with Gasteiger partial charge in [-0.1, -0.05) is 36.8 Å². The Labute approximate surface area is 114 Å². The normalized spacial score (nSPS) is 20.6. The Morgan fingerprint density at radius 2 is 2.21 bits per heavy atom. The first-order valence-corrected chi connectivity index (χ1v) is 6.96. The number of nitrogens with one attached hydrogen (secondary N) is 2. The zero-order valence-corrected chi connectivity index (χ0v) is 11.4. The highest BCUT2D eigenvalue weighted by Gasteiger charge is 2.21. The van der Waals surface area contributed by atoms with Crippen molar-refractivity contribution >= 4 is 6.09 Å². The highest BCUT2D eigenvalue weighted by molar-refractivity contribution is 5.67. The van der Waals surface area contributed by atoms with Crippen LogP contribution in [0.25, 0.3) is 0 Å². The molecule has 1 aliphatic rings. The minimum absolute atomic E-state index is 0.101. The van der Waals surface area contributed by atoms with E-state index in [4.69, 9.17) is 4.74 Å². The molecule has 1 fully saturated rings. The monoisotopic (exact) mass is 262 g/mol. The fourth-order valence-electron chi connectivity index (χ4n) is 2.36. The highest BCUT2D eigenvalue weighted by atomic mass is 16.5. The van der Waals surface area contributed by atoms with Crippen molar-refractivity contribution in [3.8, 4) is 0 Å². The summed E-state index contributed by atoms with van der Waals surface area (Å²) in [7, 11) is 0. The zero-order valence-electron chi connectivity index (χ0n) is 11.4. The van der Waals surface area contributed by atoms with E-state index < -0.39 is 0 Å². The van der Waals surface area contributed by atoms with Gasteiger partial charge in [0.25, 0.3) is 0 Å². The number of rotatable bonds is 4. The number of amides is 1. The summed E-state index contributed by atoms with van der Waals surface area (Å²) in [6.07, 6.45) is 3.22. The van der Waals surface area contributed by atoms with Crippen LogP contribution in [0, 0.1) is 0 Å². The van der Waals surface area contributed by atoms with Gasteiger partial charge in [-0.05, 0) is 31.9 Å². The Balaban J connectivity index is 1.71. The maximum Gasteiger partial charge on any atom is 0.407 e. The summed E-state index contributed by atoms with van der Waals surface area (Å²) in [6.45, 7) is 3.38. The van der Waals surface area contributed by atoms with Gasteiger partial charge in [-0.2, -0.15) is 0 Å². The number of ether oxygens (including phenoxy) is 1. The third-order valence-corrected chi connectivity index (χ3v) is 3.51. The van der Waals surface area contributed by atoms with Gasteiger partial charge in [-0.3, -0.25) is 0 Å². The molecule has 0 spiro atoms. The van der Waals surface area contributed by atoms with Gasteiger partial charge in [-0.15, -0.1) is 0 Å². The number of alkyl carbamates (subject to hydrolysis) is 1. The molecule has 1 saturated heterocycles. The lowest BCUT2D eigenvalue weighted by atomic mass is 9.99. The molecule has 19 heavy (non-hydrogen) atoms. The molecule has 0 aromatic heterocycles. The van der Waals surface area contributed by atoms with Crippen LogP contribution in [0.2, 0.25) is 0 Å². The molecule has 1 aromatic rings. The van der Waals surface area contributed by atoms with E-state index in [0.717, 1.165) is 18.5 Å². The minimum Gasteiger partial charge on any atom is -0.445 e. The van der Waals surface area contributed by atoms with E-state index in [2.05, 4.69) is 10.6 Å². The average molecular weight is 262 g/mol. The van der Waals surface area contributed by atoms with Gasteiger partial charge >= 0.3 is 6.09 Å². The molecule has 1 aromatic carbocycles. The molecule has 1 heterocycles. The lowest BCUT2D eigenvalue weighted by Crippen LogP contribution is -2.50. The number of carbonyl (C=O) groups excluding carboxylic acids is 1. The predicted molar refractivity (Wildman–Crippen MR) is 74.9 cm³/mol. The Kier molecular flexibility index (Phi) is 5.21. The van der Waals surface area contributed by atoms with Crippen LogP contribution < -0.4 is 10.6 Å². The second kappa shape index (κ2) is 7.14. The summed E-state index contributed by atoms with van der Waals surface area (Å²) in [5.74, 6) is 0. The van der Waals surface area contributed by atoms with Crippen LogP contribution >= 0.6 is 0 Å². The SMILES string of the molecule is CC(NC(=O)OCc1ccccc1)C1CCCCN1. The first kappa shape index (κ1) is 13.9. The topological polar surface area (TPSA) is 50.4 Å². The van der Waals surface area contributed by atoms with Crippen LogP contribution in [-0.4, -0.2) is 24.7 Å². The highest BCUT2D eigenvalue weighted by Crippen LogP contribution is 2.10. The molecule has 0 aliphatic carbocycles. The van der Waals surface area contributed by atoms with Crippen LogP contribution in [0.15, 0.2) is 30.3 Å². The first-order valence-electron chi connectivity index (χ1n) is 6.96. The summed E-state index contributed by atoms with van der Waals surface area (Å²) in [4.78, 5) is 11.7. The molecule has 104 valence electrons. The minimum atomic E-state index is -0.344. The van der Waals surface area contributed by atoms with Gasteiger partial charge < -0.3 is 15.4 Å². The van der Waals surface area contributed by atoms with E-state index >= 15 is 0 Å². The molecule has 0 radical (unpaired) electrons. The van der Waals surface area contributed by atoms with E-state index in [1.807, 2.05) is 37.3 Å². The first-order chi connectivity index (χ1) is 9.25. The van der Waals surface area contributed by atoms with Crippen LogP contribution in [0.5, 0.6) is 0 Å². The van der Waals surface area contributed by atoms with Gasteiger partial charge in [0.15, 0.2) is 0 Å². The van der Waals surface area contributed by atoms with Crippen molar-refractivity contribution in [3.63, 3.8) is 0 Å². The van der Waals surface area contributed by atoms with E-state index in [9.17, 15) is 4.79 Å². The molecule has 0 bridgehead atoms. The number of benzene rings is 1.